The van der Waals surface area contributed by atoms with Crippen molar-refractivity contribution in [1.82, 2.24) is 10.4 Å². The Bertz CT molecular complexity index is 397. The quantitative estimate of drug-likeness (QED) is 0.748. The smallest absolute Gasteiger partial charge is 0.161 e. The van der Waals surface area contributed by atoms with E-state index in [2.05, 4.69) is 10.4 Å². The average Bonchev–Trinajstić information content (AvgIpc) is 2.52. The van der Waals surface area contributed by atoms with E-state index in [1.54, 1.807) is 7.11 Å². The van der Waals surface area contributed by atoms with Gasteiger partial charge in [0.1, 0.15) is 12.7 Å². The Hall–Kier alpha value is -1.34. The summed E-state index contributed by atoms with van der Waals surface area (Å²) in [5, 5.41) is 12.0. The van der Waals surface area contributed by atoms with E-state index in [1.165, 1.54) is 0 Å². The molecule has 1 heterocycles. The van der Waals surface area contributed by atoms with Crippen molar-refractivity contribution in [3.63, 3.8) is 0 Å². The molecule has 1 aliphatic rings. The largest absolute Gasteiger partial charge is 0.493 e. The number of hydrogen-bond donors (Lipinski definition) is 2. The number of aliphatic hydroxyl groups excluding tert-OH is 1. The maximum Gasteiger partial charge on any atom is 0.161 e. The molecule has 6 nitrogen and oxygen atoms in total. The van der Waals surface area contributed by atoms with Gasteiger partial charge in [-0.05, 0) is 12.1 Å². The van der Waals surface area contributed by atoms with E-state index >= 15 is 0 Å². The van der Waals surface area contributed by atoms with Crippen LogP contribution in [0.2, 0.25) is 0 Å². The number of nitrogens with one attached hydrogen (secondary N) is 1. The molecule has 0 radical (unpaired) electrons. The van der Waals surface area contributed by atoms with Crippen LogP contribution in [0.4, 0.5) is 0 Å². The highest BCUT2D eigenvalue weighted by atomic mass is 16.5. The molecule has 0 amide bonds. The highest BCUT2D eigenvalue weighted by molar-refractivity contribution is 5.39. The second-order valence-corrected chi connectivity index (χ2v) is 4.58. The summed E-state index contributed by atoms with van der Waals surface area (Å²) < 4.78 is 16.0. The van der Waals surface area contributed by atoms with Crippen molar-refractivity contribution in [2.24, 2.45) is 0 Å². The number of benzene rings is 1. The normalized spacial score (nSPS) is 17.7. The van der Waals surface area contributed by atoms with Crippen LogP contribution < -0.4 is 14.9 Å². The van der Waals surface area contributed by atoms with E-state index < -0.39 is 6.10 Å². The topological polar surface area (TPSA) is 63.2 Å². The van der Waals surface area contributed by atoms with Crippen LogP contribution in [0.3, 0.4) is 0 Å². The van der Waals surface area contributed by atoms with Crippen LogP contribution in [-0.4, -0.2) is 62.8 Å². The number of aliphatic hydroxyl groups is 1. The maximum atomic E-state index is 9.92. The zero-order valence-electron chi connectivity index (χ0n) is 11.7. The number of para-hydroxylation sites is 2. The van der Waals surface area contributed by atoms with Gasteiger partial charge >= 0.3 is 0 Å². The molecule has 6 heteroatoms. The number of methoxy groups -OCH3 is 1. The van der Waals surface area contributed by atoms with Crippen LogP contribution in [0, 0.1) is 0 Å². The Balaban J connectivity index is 1.70. The summed E-state index contributed by atoms with van der Waals surface area (Å²) in [6, 6.07) is 7.40. The van der Waals surface area contributed by atoms with Crippen LogP contribution in [-0.2, 0) is 4.74 Å². The lowest BCUT2D eigenvalue weighted by Gasteiger charge is -2.28. The van der Waals surface area contributed by atoms with Crippen molar-refractivity contribution in [2.45, 2.75) is 6.10 Å². The van der Waals surface area contributed by atoms with Crippen molar-refractivity contribution in [3.8, 4) is 11.5 Å². The van der Waals surface area contributed by atoms with E-state index in [9.17, 15) is 5.11 Å². The van der Waals surface area contributed by atoms with Gasteiger partial charge in [0, 0.05) is 19.6 Å². The van der Waals surface area contributed by atoms with Gasteiger partial charge in [0.2, 0.25) is 0 Å². The summed E-state index contributed by atoms with van der Waals surface area (Å²) >= 11 is 0. The molecule has 1 aromatic carbocycles. The Labute approximate surface area is 119 Å². The van der Waals surface area contributed by atoms with Gasteiger partial charge in [-0.1, -0.05) is 12.1 Å². The molecule has 1 aliphatic heterocycles. The Kier molecular flexibility index (Phi) is 6.07. The van der Waals surface area contributed by atoms with Gasteiger partial charge < -0.3 is 19.3 Å². The Morgan fingerprint density at radius 3 is 2.70 bits per heavy atom. The summed E-state index contributed by atoms with van der Waals surface area (Å²) in [7, 11) is 1.60. The number of morpholine rings is 1. The molecular formula is C14H22N2O4. The highest BCUT2D eigenvalue weighted by Crippen LogP contribution is 2.25. The van der Waals surface area contributed by atoms with Crippen molar-refractivity contribution in [1.29, 1.82) is 0 Å². The van der Waals surface area contributed by atoms with E-state index in [4.69, 9.17) is 14.2 Å². The second kappa shape index (κ2) is 8.06. The maximum absolute atomic E-state index is 9.92. The summed E-state index contributed by atoms with van der Waals surface area (Å²) in [4.78, 5) is 0. The second-order valence-electron chi connectivity index (χ2n) is 4.58. The minimum Gasteiger partial charge on any atom is -0.493 e. The van der Waals surface area contributed by atoms with E-state index in [0.717, 1.165) is 26.3 Å². The minimum atomic E-state index is -0.581. The average molecular weight is 282 g/mol. The van der Waals surface area contributed by atoms with Crippen LogP contribution in [0.5, 0.6) is 11.5 Å². The van der Waals surface area contributed by atoms with Gasteiger partial charge in [0.15, 0.2) is 11.5 Å². The van der Waals surface area contributed by atoms with Crippen molar-refractivity contribution < 1.29 is 19.3 Å². The lowest BCUT2D eigenvalue weighted by molar-refractivity contribution is -0.000881. The SMILES string of the molecule is COc1ccccc1OCC(O)CNN1CCOCC1. The number of hydrazine groups is 1. The van der Waals surface area contributed by atoms with E-state index in [0.29, 0.717) is 18.0 Å². The highest BCUT2D eigenvalue weighted by Gasteiger charge is 2.13. The van der Waals surface area contributed by atoms with Gasteiger partial charge in [-0.2, -0.15) is 0 Å². The predicted octanol–water partition coefficient (Wildman–Crippen LogP) is 0.272. The molecule has 2 rings (SSSR count). The number of ether oxygens (including phenoxy) is 3. The van der Waals surface area contributed by atoms with Crippen LogP contribution in [0.1, 0.15) is 0 Å². The summed E-state index contributed by atoms with van der Waals surface area (Å²) in [6.07, 6.45) is -0.581. The molecule has 1 aromatic rings. The third kappa shape index (κ3) is 4.64. The first-order valence-corrected chi connectivity index (χ1v) is 6.79. The van der Waals surface area contributed by atoms with Crippen molar-refractivity contribution in [3.05, 3.63) is 24.3 Å². The lowest BCUT2D eigenvalue weighted by atomic mass is 10.3. The van der Waals surface area contributed by atoms with Gasteiger partial charge in [0.05, 0.1) is 20.3 Å². The molecule has 0 bridgehead atoms. The molecule has 1 atom stereocenters. The Morgan fingerprint density at radius 2 is 2.00 bits per heavy atom. The van der Waals surface area contributed by atoms with Crippen LogP contribution in [0.15, 0.2) is 24.3 Å². The number of hydrogen-bond acceptors (Lipinski definition) is 6. The molecular weight excluding hydrogens is 260 g/mol. The summed E-state index contributed by atoms with van der Waals surface area (Å²) in [5.41, 5.74) is 3.18. The Morgan fingerprint density at radius 1 is 1.30 bits per heavy atom. The van der Waals surface area contributed by atoms with Gasteiger partial charge in [0.25, 0.3) is 0 Å². The van der Waals surface area contributed by atoms with Gasteiger partial charge in [-0.3, -0.25) is 5.43 Å². The molecule has 20 heavy (non-hydrogen) atoms. The fraction of sp³-hybridized carbons (Fsp3) is 0.571. The number of rotatable bonds is 7. The molecule has 0 aliphatic carbocycles. The summed E-state index contributed by atoms with van der Waals surface area (Å²) in [6.45, 7) is 3.79. The lowest BCUT2D eigenvalue weighted by Crippen LogP contribution is -2.48. The fourth-order valence-electron chi connectivity index (χ4n) is 1.94. The third-order valence-electron chi connectivity index (χ3n) is 3.06. The molecule has 1 saturated heterocycles. The summed E-state index contributed by atoms with van der Waals surface area (Å²) in [5.74, 6) is 1.31. The van der Waals surface area contributed by atoms with Crippen LogP contribution >= 0.6 is 0 Å². The zero-order valence-corrected chi connectivity index (χ0v) is 11.7. The third-order valence-corrected chi connectivity index (χ3v) is 3.06. The van der Waals surface area contributed by atoms with Gasteiger partial charge in [-0.15, -0.1) is 0 Å². The van der Waals surface area contributed by atoms with Crippen molar-refractivity contribution in [2.75, 3.05) is 46.6 Å². The predicted molar refractivity (Wildman–Crippen MR) is 74.9 cm³/mol. The van der Waals surface area contributed by atoms with Crippen LogP contribution in [0.25, 0.3) is 0 Å². The number of nitrogens with zero attached hydrogens (tertiary/aromatic N) is 1. The zero-order chi connectivity index (χ0) is 14.2. The first kappa shape index (κ1) is 15.1. The van der Waals surface area contributed by atoms with Crippen molar-refractivity contribution >= 4 is 0 Å². The van der Waals surface area contributed by atoms with E-state index in [1.807, 2.05) is 24.3 Å². The standard InChI is InChI=1S/C14H22N2O4/c1-18-13-4-2-3-5-14(13)20-11-12(17)10-15-16-6-8-19-9-7-16/h2-5,12,15,17H,6-11H2,1H3. The molecule has 0 saturated carbocycles. The molecule has 1 fully saturated rings. The van der Waals surface area contributed by atoms with Gasteiger partial charge in [-0.25, -0.2) is 5.01 Å². The molecule has 112 valence electrons. The first-order valence-electron chi connectivity index (χ1n) is 6.79. The molecule has 2 N–H and O–H groups in total. The monoisotopic (exact) mass is 282 g/mol. The molecule has 0 spiro atoms. The first-order chi connectivity index (χ1) is 9.79. The molecule has 0 aromatic heterocycles. The minimum absolute atomic E-state index is 0.220. The molecule has 1 unspecified atom stereocenters. The van der Waals surface area contributed by atoms with E-state index in [-0.39, 0.29) is 6.61 Å². The fourth-order valence-corrected chi connectivity index (χ4v) is 1.94.